The fourth-order valence-corrected chi connectivity index (χ4v) is 4.03. The van der Waals surface area contributed by atoms with E-state index in [4.69, 9.17) is 0 Å². The van der Waals surface area contributed by atoms with Crippen molar-refractivity contribution in [3.63, 3.8) is 0 Å². The van der Waals surface area contributed by atoms with E-state index in [0.717, 1.165) is 54.3 Å². The van der Waals surface area contributed by atoms with E-state index >= 15 is 0 Å². The normalized spacial score (nSPS) is 20.0. The summed E-state index contributed by atoms with van der Waals surface area (Å²) in [5.74, 6) is -0.509. The number of carbonyl (C=O) groups excluding carboxylic acids is 3. The number of hydrogen-bond donors (Lipinski definition) is 0. The number of nitrogens with zero attached hydrogens (tertiary/aromatic N) is 2. The summed E-state index contributed by atoms with van der Waals surface area (Å²) in [5, 5.41) is -0.366. The van der Waals surface area contributed by atoms with Crippen LogP contribution in [0.15, 0.2) is 29.2 Å². The Bertz CT molecular complexity index is 719. The molecule has 0 aliphatic carbocycles. The standard InChI is InChI=1S/C20H24N2O3S/c1-2-15-7-9-16(10-8-15)13-17-19(24)22(20(25)26-17)14-18(23)21-11-5-3-4-6-12-21/h7-10,13H,2-6,11-12,14H2,1H3. The van der Waals surface area contributed by atoms with Crippen molar-refractivity contribution < 1.29 is 14.4 Å². The molecule has 26 heavy (non-hydrogen) atoms. The minimum atomic E-state index is -0.372. The predicted octanol–water partition coefficient (Wildman–Crippen LogP) is 3.69. The molecule has 1 aromatic carbocycles. The molecule has 6 heteroatoms. The molecule has 5 nitrogen and oxygen atoms in total. The SMILES string of the molecule is CCc1ccc(C=C2SC(=O)N(CC(=O)N3CCCCCC3)C2=O)cc1. The minimum Gasteiger partial charge on any atom is -0.341 e. The van der Waals surface area contributed by atoms with Crippen molar-refractivity contribution in [3.8, 4) is 0 Å². The van der Waals surface area contributed by atoms with Gasteiger partial charge in [-0.15, -0.1) is 0 Å². The lowest BCUT2D eigenvalue weighted by atomic mass is 10.1. The van der Waals surface area contributed by atoms with Crippen LogP contribution in [0.1, 0.15) is 43.7 Å². The van der Waals surface area contributed by atoms with Crippen LogP contribution in [-0.2, 0) is 16.0 Å². The summed E-state index contributed by atoms with van der Waals surface area (Å²) in [4.78, 5) is 40.5. The second-order valence-electron chi connectivity index (χ2n) is 6.66. The summed E-state index contributed by atoms with van der Waals surface area (Å²) in [6.07, 6.45) is 6.91. The van der Waals surface area contributed by atoms with Gasteiger partial charge in [0.25, 0.3) is 11.1 Å². The Kier molecular flexibility index (Phi) is 6.14. The Morgan fingerprint density at radius 2 is 1.73 bits per heavy atom. The molecule has 2 fully saturated rings. The van der Waals surface area contributed by atoms with E-state index in [1.165, 1.54) is 5.56 Å². The smallest absolute Gasteiger partial charge is 0.294 e. The van der Waals surface area contributed by atoms with Crippen LogP contribution in [0.5, 0.6) is 0 Å². The highest BCUT2D eigenvalue weighted by Gasteiger charge is 2.37. The van der Waals surface area contributed by atoms with Gasteiger partial charge in [-0.2, -0.15) is 0 Å². The number of imide groups is 1. The van der Waals surface area contributed by atoms with Crippen molar-refractivity contribution in [1.82, 2.24) is 9.80 Å². The molecule has 1 aromatic rings. The predicted molar refractivity (Wildman–Crippen MR) is 104 cm³/mol. The van der Waals surface area contributed by atoms with Crippen LogP contribution in [0, 0.1) is 0 Å². The molecular formula is C20H24N2O3S. The van der Waals surface area contributed by atoms with Gasteiger partial charge in [-0.1, -0.05) is 44.0 Å². The second kappa shape index (κ2) is 8.54. The zero-order chi connectivity index (χ0) is 18.5. The van der Waals surface area contributed by atoms with Crippen LogP contribution >= 0.6 is 11.8 Å². The van der Waals surface area contributed by atoms with E-state index in [9.17, 15) is 14.4 Å². The molecule has 138 valence electrons. The van der Waals surface area contributed by atoms with Gasteiger partial charge in [-0.3, -0.25) is 19.3 Å². The molecule has 2 aliphatic rings. The van der Waals surface area contributed by atoms with Crippen LogP contribution in [0.3, 0.4) is 0 Å². The molecule has 2 aliphatic heterocycles. The number of benzene rings is 1. The number of carbonyl (C=O) groups is 3. The first-order chi connectivity index (χ1) is 12.6. The van der Waals surface area contributed by atoms with Crippen LogP contribution in [0.25, 0.3) is 6.08 Å². The molecule has 0 bridgehead atoms. The quantitative estimate of drug-likeness (QED) is 0.757. The molecule has 2 saturated heterocycles. The third-order valence-electron chi connectivity index (χ3n) is 4.81. The number of rotatable bonds is 4. The van der Waals surface area contributed by atoms with Gasteiger partial charge in [0.05, 0.1) is 4.91 Å². The van der Waals surface area contributed by atoms with Gasteiger partial charge < -0.3 is 4.90 Å². The molecule has 3 amide bonds. The maximum absolute atomic E-state index is 12.6. The van der Waals surface area contributed by atoms with Crippen molar-refractivity contribution in [3.05, 3.63) is 40.3 Å². The third kappa shape index (κ3) is 4.36. The first-order valence-corrected chi connectivity index (χ1v) is 10.0. The van der Waals surface area contributed by atoms with E-state index in [-0.39, 0.29) is 23.6 Å². The second-order valence-corrected chi connectivity index (χ2v) is 7.65. The van der Waals surface area contributed by atoms with Gasteiger partial charge in [0.15, 0.2) is 0 Å². The molecule has 0 atom stereocenters. The van der Waals surface area contributed by atoms with Gasteiger partial charge >= 0.3 is 0 Å². The summed E-state index contributed by atoms with van der Waals surface area (Å²) < 4.78 is 0. The number of hydrogen-bond acceptors (Lipinski definition) is 4. The average Bonchev–Trinajstić information content (AvgIpc) is 2.86. The summed E-state index contributed by atoms with van der Waals surface area (Å²) >= 11 is 0.907. The molecule has 0 spiro atoms. The summed E-state index contributed by atoms with van der Waals surface area (Å²) in [7, 11) is 0. The lowest BCUT2D eigenvalue weighted by molar-refractivity contribution is -0.135. The largest absolute Gasteiger partial charge is 0.341 e. The fourth-order valence-electron chi connectivity index (χ4n) is 3.19. The zero-order valence-electron chi connectivity index (χ0n) is 15.1. The molecule has 0 saturated carbocycles. The molecule has 0 unspecified atom stereocenters. The lowest BCUT2D eigenvalue weighted by Gasteiger charge is -2.22. The van der Waals surface area contributed by atoms with Crippen molar-refractivity contribution in [2.75, 3.05) is 19.6 Å². The highest BCUT2D eigenvalue weighted by atomic mass is 32.2. The van der Waals surface area contributed by atoms with Crippen LogP contribution in [0.2, 0.25) is 0 Å². The van der Waals surface area contributed by atoms with E-state index in [2.05, 4.69) is 6.92 Å². The van der Waals surface area contributed by atoms with E-state index < -0.39 is 0 Å². The zero-order valence-corrected chi connectivity index (χ0v) is 15.9. The lowest BCUT2D eigenvalue weighted by Crippen LogP contribution is -2.42. The van der Waals surface area contributed by atoms with Crippen LogP contribution < -0.4 is 0 Å². The molecule has 3 rings (SSSR count). The maximum atomic E-state index is 12.6. The Balaban J connectivity index is 1.67. The van der Waals surface area contributed by atoms with Crippen molar-refractivity contribution in [2.45, 2.75) is 39.0 Å². The van der Waals surface area contributed by atoms with Crippen molar-refractivity contribution >= 4 is 34.9 Å². The van der Waals surface area contributed by atoms with E-state index in [0.29, 0.717) is 18.0 Å². The molecule has 0 N–H and O–H groups in total. The number of aryl methyl sites for hydroxylation is 1. The number of likely N-dealkylation sites (tertiary alicyclic amines) is 1. The van der Waals surface area contributed by atoms with Gasteiger partial charge in [0.2, 0.25) is 5.91 Å². The van der Waals surface area contributed by atoms with Gasteiger partial charge in [0.1, 0.15) is 6.54 Å². The Morgan fingerprint density at radius 1 is 1.08 bits per heavy atom. The topological polar surface area (TPSA) is 57.7 Å². The highest BCUT2D eigenvalue weighted by Crippen LogP contribution is 2.32. The Labute approximate surface area is 158 Å². The molecule has 0 radical (unpaired) electrons. The molecule has 0 aromatic heterocycles. The highest BCUT2D eigenvalue weighted by molar-refractivity contribution is 8.18. The Morgan fingerprint density at radius 3 is 2.35 bits per heavy atom. The van der Waals surface area contributed by atoms with E-state index in [1.807, 2.05) is 24.3 Å². The summed E-state index contributed by atoms with van der Waals surface area (Å²) in [6, 6.07) is 7.91. The minimum absolute atomic E-state index is 0.136. The first kappa shape index (κ1) is 18.7. The van der Waals surface area contributed by atoms with Gasteiger partial charge in [-0.05, 0) is 48.2 Å². The fraction of sp³-hybridized carbons (Fsp3) is 0.450. The van der Waals surface area contributed by atoms with Crippen molar-refractivity contribution in [2.24, 2.45) is 0 Å². The average molecular weight is 372 g/mol. The Hall–Kier alpha value is -2.08. The molecule has 2 heterocycles. The summed E-state index contributed by atoms with van der Waals surface area (Å²) in [5.41, 5.74) is 2.10. The monoisotopic (exact) mass is 372 g/mol. The first-order valence-electron chi connectivity index (χ1n) is 9.20. The van der Waals surface area contributed by atoms with E-state index in [1.54, 1.807) is 11.0 Å². The van der Waals surface area contributed by atoms with Gasteiger partial charge in [-0.25, -0.2) is 0 Å². The number of amides is 3. The van der Waals surface area contributed by atoms with Gasteiger partial charge in [0, 0.05) is 13.1 Å². The van der Waals surface area contributed by atoms with Crippen molar-refractivity contribution in [1.29, 1.82) is 0 Å². The third-order valence-corrected chi connectivity index (χ3v) is 5.72. The van der Waals surface area contributed by atoms with Crippen LogP contribution in [0.4, 0.5) is 4.79 Å². The van der Waals surface area contributed by atoms with Crippen LogP contribution in [-0.4, -0.2) is 46.5 Å². The molecular weight excluding hydrogens is 348 g/mol. The summed E-state index contributed by atoms with van der Waals surface area (Å²) in [6.45, 7) is 3.36. The number of thioether (sulfide) groups is 1. The maximum Gasteiger partial charge on any atom is 0.294 e.